The van der Waals surface area contributed by atoms with Crippen molar-refractivity contribution in [3.8, 4) is 5.69 Å². The molecule has 0 amide bonds. The largest absolute Gasteiger partial charge is 0.157 e. The molecule has 0 saturated heterocycles. The maximum Gasteiger partial charge on any atom is 0.0888 e. The first-order valence-corrected chi connectivity index (χ1v) is 5.47. The Morgan fingerprint density at radius 3 is 2.25 bits per heavy atom. The Balaban J connectivity index is 2.58. The molecular weight excluding hydrogens is 198 g/mol. The van der Waals surface area contributed by atoms with Crippen molar-refractivity contribution in [2.24, 2.45) is 0 Å². The molecule has 0 bridgehead atoms. The molecule has 16 heavy (non-hydrogen) atoms. The molecule has 0 fully saturated rings. The van der Waals surface area contributed by atoms with E-state index in [4.69, 9.17) is 0 Å². The highest BCUT2D eigenvalue weighted by Gasteiger charge is 2.18. The van der Waals surface area contributed by atoms with Gasteiger partial charge in [0.2, 0.25) is 0 Å². The van der Waals surface area contributed by atoms with Gasteiger partial charge < -0.3 is 0 Å². The zero-order valence-corrected chi connectivity index (χ0v) is 10.2. The van der Waals surface area contributed by atoms with E-state index in [-0.39, 0.29) is 5.41 Å². The van der Waals surface area contributed by atoms with E-state index in [9.17, 15) is 0 Å². The third-order valence-electron chi connectivity index (χ3n) is 2.75. The fourth-order valence-corrected chi connectivity index (χ4v) is 1.99. The van der Waals surface area contributed by atoms with Crippen LogP contribution in [0.3, 0.4) is 0 Å². The van der Waals surface area contributed by atoms with Crippen LogP contribution in [0, 0.1) is 6.92 Å². The van der Waals surface area contributed by atoms with Gasteiger partial charge in [-0.3, -0.25) is 0 Å². The number of aromatic nitrogens is 3. The van der Waals surface area contributed by atoms with Crippen LogP contribution in [-0.4, -0.2) is 15.0 Å². The molecule has 1 aromatic carbocycles. The summed E-state index contributed by atoms with van der Waals surface area (Å²) in [5.74, 6) is 0. The quantitative estimate of drug-likeness (QED) is 0.732. The fraction of sp³-hybridized carbons (Fsp3) is 0.385. The van der Waals surface area contributed by atoms with Crippen LogP contribution in [0.25, 0.3) is 5.69 Å². The highest BCUT2D eigenvalue weighted by molar-refractivity contribution is 5.46. The molecule has 1 heterocycles. The maximum absolute atomic E-state index is 4.18. The first-order chi connectivity index (χ1) is 7.50. The van der Waals surface area contributed by atoms with Crippen LogP contribution in [0.2, 0.25) is 0 Å². The van der Waals surface area contributed by atoms with Crippen LogP contribution in [0.4, 0.5) is 0 Å². The zero-order chi connectivity index (χ0) is 11.8. The molecule has 0 aliphatic rings. The van der Waals surface area contributed by atoms with E-state index in [1.165, 1.54) is 11.1 Å². The number of benzene rings is 1. The summed E-state index contributed by atoms with van der Waals surface area (Å²) in [6.45, 7) is 8.78. The standard InChI is InChI=1S/C13H17N3/c1-10-11(13(2,3)4)6-5-7-12(10)16-14-8-9-15-16/h5-9H,1-4H3. The molecule has 2 rings (SSSR count). The second-order valence-electron chi connectivity index (χ2n) is 5.02. The van der Waals surface area contributed by atoms with Crippen molar-refractivity contribution in [3.63, 3.8) is 0 Å². The van der Waals surface area contributed by atoms with Gasteiger partial charge >= 0.3 is 0 Å². The van der Waals surface area contributed by atoms with Crippen molar-refractivity contribution in [2.45, 2.75) is 33.1 Å². The van der Waals surface area contributed by atoms with Crippen molar-refractivity contribution >= 4 is 0 Å². The Morgan fingerprint density at radius 1 is 1.06 bits per heavy atom. The Hall–Kier alpha value is -1.64. The van der Waals surface area contributed by atoms with Crippen LogP contribution < -0.4 is 0 Å². The van der Waals surface area contributed by atoms with E-state index < -0.39 is 0 Å². The molecule has 1 aromatic heterocycles. The molecule has 0 spiro atoms. The molecule has 0 atom stereocenters. The number of hydrogen-bond acceptors (Lipinski definition) is 2. The number of rotatable bonds is 1. The molecule has 0 unspecified atom stereocenters. The summed E-state index contributed by atoms with van der Waals surface area (Å²) in [6.07, 6.45) is 3.40. The van der Waals surface area contributed by atoms with E-state index in [1.807, 2.05) is 6.07 Å². The van der Waals surface area contributed by atoms with Gasteiger partial charge in [0.05, 0.1) is 18.1 Å². The van der Waals surface area contributed by atoms with E-state index in [1.54, 1.807) is 17.2 Å². The van der Waals surface area contributed by atoms with E-state index >= 15 is 0 Å². The van der Waals surface area contributed by atoms with Gasteiger partial charge in [-0.25, -0.2) is 0 Å². The molecule has 3 nitrogen and oxygen atoms in total. The topological polar surface area (TPSA) is 30.7 Å². The molecular formula is C13H17N3. The maximum atomic E-state index is 4.18. The molecule has 0 aliphatic heterocycles. The van der Waals surface area contributed by atoms with E-state index in [2.05, 4.69) is 50.0 Å². The average Bonchev–Trinajstić information content (AvgIpc) is 2.69. The van der Waals surface area contributed by atoms with Crippen molar-refractivity contribution in [3.05, 3.63) is 41.7 Å². The first kappa shape index (κ1) is 10.9. The summed E-state index contributed by atoms with van der Waals surface area (Å²) in [5, 5.41) is 8.35. The summed E-state index contributed by atoms with van der Waals surface area (Å²) in [5.41, 5.74) is 3.78. The predicted octanol–water partition coefficient (Wildman–Crippen LogP) is 2.87. The summed E-state index contributed by atoms with van der Waals surface area (Å²) < 4.78 is 0. The lowest BCUT2D eigenvalue weighted by Gasteiger charge is -2.22. The third kappa shape index (κ3) is 1.85. The van der Waals surface area contributed by atoms with Gasteiger partial charge in [0.1, 0.15) is 0 Å². The van der Waals surface area contributed by atoms with Gasteiger partial charge in [0.25, 0.3) is 0 Å². The van der Waals surface area contributed by atoms with Gasteiger partial charge in [0.15, 0.2) is 0 Å². The second kappa shape index (κ2) is 3.74. The normalized spacial score (nSPS) is 11.8. The molecule has 0 N–H and O–H groups in total. The lowest BCUT2D eigenvalue weighted by molar-refractivity contribution is 0.583. The molecule has 84 valence electrons. The predicted molar refractivity (Wildman–Crippen MR) is 64.8 cm³/mol. The minimum atomic E-state index is 0.146. The lowest BCUT2D eigenvalue weighted by Crippen LogP contribution is -2.15. The van der Waals surface area contributed by atoms with E-state index in [0.717, 1.165) is 5.69 Å². The third-order valence-corrected chi connectivity index (χ3v) is 2.75. The van der Waals surface area contributed by atoms with Gasteiger partial charge in [0, 0.05) is 0 Å². The SMILES string of the molecule is Cc1c(-n2nccn2)cccc1C(C)(C)C. The average molecular weight is 215 g/mol. The number of hydrogen-bond donors (Lipinski definition) is 0. The van der Waals surface area contributed by atoms with Crippen molar-refractivity contribution < 1.29 is 0 Å². The summed E-state index contributed by atoms with van der Waals surface area (Å²) in [7, 11) is 0. The summed E-state index contributed by atoms with van der Waals surface area (Å²) >= 11 is 0. The summed E-state index contributed by atoms with van der Waals surface area (Å²) in [4.78, 5) is 1.67. The lowest BCUT2D eigenvalue weighted by atomic mass is 9.84. The molecule has 0 radical (unpaired) electrons. The second-order valence-corrected chi connectivity index (χ2v) is 5.02. The highest BCUT2D eigenvalue weighted by atomic mass is 15.5. The van der Waals surface area contributed by atoms with Crippen LogP contribution >= 0.6 is 0 Å². The van der Waals surface area contributed by atoms with Crippen LogP contribution in [0.15, 0.2) is 30.6 Å². The molecule has 3 heteroatoms. The summed E-state index contributed by atoms with van der Waals surface area (Å²) in [6, 6.07) is 6.28. The monoisotopic (exact) mass is 215 g/mol. The highest BCUT2D eigenvalue weighted by Crippen LogP contribution is 2.28. The Morgan fingerprint density at radius 2 is 1.69 bits per heavy atom. The van der Waals surface area contributed by atoms with Gasteiger partial charge in [-0.05, 0) is 29.5 Å². The fourth-order valence-electron chi connectivity index (χ4n) is 1.99. The van der Waals surface area contributed by atoms with Crippen molar-refractivity contribution in [1.29, 1.82) is 0 Å². The minimum absolute atomic E-state index is 0.146. The Labute approximate surface area is 96.1 Å². The Kier molecular flexibility index (Phi) is 2.54. The molecule has 2 aromatic rings. The first-order valence-electron chi connectivity index (χ1n) is 5.47. The van der Waals surface area contributed by atoms with Gasteiger partial charge in [-0.2, -0.15) is 15.0 Å². The van der Waals surface area contributed by atoms with Crippen molar-refractivity contribution in [1.82, 2.24) is 15.0 Å². The van der Waals surface area contributed by atoms with Crippen LogP contribution in [0.5, 0.6) is 0 Å². The van der Waals surface area contributed by atoms with Crippen LogP contribution in [-0.2, 0) is 5.41 Å². The minimum Gasteiger partial charge on any atom is -0.157 e. The zero-order valence-electron chi connectivity index (χ0n) is 10.2. The Bertz CT molecular complexity index is 478. The molecule has 0 saturated carbocycles. The van der Waals surface area contributed by atoms with Gasteiger partial charge in [-0.1, -0.05) is 32.9 Å². The van der Waals surface area contributed by atoms with Gasteiger partial charge in [-0.15, -0.1) is 0 Å². The molecule has 0 aliphatic carbocycles. The van der Waals surface area contributed by atoms with E-state index in [0.29, 0.717) is 0 Å². The number of nitrogens with zero attached hydrogens (tertiary/aromatic N) is 3. The smallest absolute Gasteiger partial charge is 0.0888 e. The van der Waals surface area contributed by atoms with Crippen molar-refractivity contribution in [2.75, 3.05) is 0 Å². The van der Waals surface area contributed by atoms with Crippen LogP contribution in [0.1, 0.15) is 31.9 Å².